The van der Waals surface area contributed by atoms with Crippen molar-refractivity contribution in [3.8, 4) is 11.4 Å². The fourth-order valence-corrected chi connectivity index (χ4v) is 4.98. The molecule has 7 nitrogen and oxygen atoms in total. The van der Waals surface area contributed by atoms with Crippen molar-refractivity contribution < 1.29 is 12.8 Å². The molecule has 29 heavy (non-hydrogen) atoms. The van der Waals surface area contributed by atoms with Crippen LogP contribution in [0.25, 0.3) is 11.4 Å². The lowest BCUT2D eigenvalue weighted by atomic mass is 9.92. The Morgan fingerprint density at radius 1 is 1.07 bits per heavy atom. The van der Waals surface area contributed by atoms with Gasteiger partial charge in [0.15, 0.2) is 0 Å². The van der Waals surface area contributed by atoms with Crippen LogP contribution in [0.4, 0.5) is 4.39 Å². The molecule has 3 aromatic rings. The molecule has 152 valence electrons. The Balaban J connectivity index is 1.39. The van der Waals surface area contributed by atoms with Crippen LogP contribution in [0.3, 0.4) is 0 Å². The second kappa shape index (κ2) is 8.00. The number of benzene rings is 2. The van der Waals surface area contributed by atoms with Gasteiger partial charge in [-0.2, -0.15) is 4.80 Å². The Bertz CT molecular complexity index is 1090. The van der Waals surface area contributed by atoms with Crippen molar-refractivity contribution in [3.63, 3.8) is 0 Å². The third kappa shape index (κ3) is 4.35. The predicted octanol–water partition coefficient (Wildman–Crippen LogP) is 3.25. The first kappa shape index (κ1) is 19.7. The molecule has 4 rings (SSSR count). The first-order valence-electron chi connectivity index (χ1n) is 9.56. The Kier molecular flexibility index (Phi) is 5.42. The minimum Gasteiger partial charge on any atom is -0.208 e. The molecule has 0 aliphatic heterocycles. The summed E-state index contributed by atoms with van der Waals surface area (Å²) in [7, 11) is -3.90. The maximum absolute atomic E-state index is 14.1. The zero-order valence-corrected chi connectivity index (χ0v) is 16.8. The fraction of sp³-hybridized carbons (Fsp3) is 0.350. The summed E-state index contributed by atoms with van der Waals surface area (Å²) in [5.41, 5.74) is 1.58. The number of hydrogen-bond donors (Lipinski definition) is 1. The van der Waals surface area contributed by atoms with Gasteiger partial charge in [-0.15, -0.1) is 10.2 Å². The zero-order valence-electron chi connectivity index (χ0n) is 16.0. The summed E-state index contributed by atoms with van der Waals surface area (Å²) in [4.78, 5) is 1.31. The van der Waals surface area contributed by atoms with Crippen molar-refractivity contribution in [1.29, 1.82) is 0 Å². The van der Waals surface area contributed by atoms with Crippen LogP contribution in [0.2, 0.25) is 0 Å². The van der Waals surface area contributed by atoms with Crippen LogP contribution in [0, 0.1) is 12.7 Å². The number of hydrogen-bond acceptors (Lipinski definition) is 5. The van der Waals surface area contributed by atoms with Crippen LogP contribution < -0.4 is 4.72 Å². The predicted molar refractivity (Wildman–Crippen MR) is 106 cm³/mol. The molecule has 0 amide bonds. The Hall–Kier alpha value is -2.65. The van der Waals surface area contributed by atoms with E-state index in [1.165, 1.54) is 12.1 Å². The van der Waals surface area contributed by atoms with E-state index in [9.17, 15) is 12.8 Å². The van der Waals surface area contributed by atoms with Crippen LogP contribution in [-0.2, 0) is 10.0 Å². The van der Waals surface area contributed by atoms with Crippen LogP contribution in [-0.4, -0.2) is 34.7 Å². The smallest absolute Gasteiger partial charge is 0.208 e. The topological polar surface area (TPSA) is 89.8 Å². The lowest BCUT2D eigenvalue weighted by Crippen LogP contribution is -2.38. The molecule has 1 fully saturated rings. The van der Waals surface area contributed by atoms with Crippen LogP contribution >= 0.6 is 0 Å². The minimum atomic E-state index is -3.90. The van der Waals surface area contributed by atoms with E-state index < -0.39 is 15.8 Å². The van der Waals surface area contributed by atoms with Gasteiger partial charge in [-0.3, -0.25) is 0 Å². The van der Waals surface area contributed by atoms with E-state index in [0.29, 0.717) is 37.1 Å². The molecule has 9 heteroatoms. The van der Waals surface area contributed by atoms with Gasteiger partial charge in [0.1, 0.15) is 10.7 Å². The standard InChI is InChI=1S/C20H22FN5O2S/c1-14-7-12-19(18(21)13-14)29(27,28)24-16-8-10-17(11-9-16)26-23-20(22-25-26)15-5-3-2-4-6-15/h2-7,12-13,16-17,24H,8-11H2,1H3. The van der Waals surface area contributed by atoms with Crippen LogP contribution in [0.5, 0.6) is 0 Å². The number of halogens is 1. The quantitative estimate of drug-likeness (QED) is 0.691. The fourth-order valence-electron chi connectivity index (χ4n) is 3.61. The Morgan fingerprint density at radius 3 is 2.48 bits per heavy atom. The van der Waals surface area contributed by atoms with E-state index in [-0.39, 0.29) is 17.0 Å². The first-order valence-corrected chi connectivity index (χ1v) is 11.0. The van der Waals surface area contributed by atoms with Crippen molar-refractivity contribution in [2.45, 2.75) is 49.6 Å². The van der Waals surface area contributed by atoms with Gasteiger partial charge in [-0.1, -0.05) is 36.4 Å². The summed E-state index contributed by atoms with van der Waals surface area (Å²) in [6.45, 7) is 1.72. The molecule has 2 aromatic carbocycles. The lowest BCUT2D eigenvalue weighted by molar-refractivity contribution is 0.269. The molecule has 1 saturated carbocycles. The lowest BCUT2D eigenvalue weighted by Gasteiger charge is -2.28. The molecule has 1 aromatic heterocycles. The molecule has 1 aliphatic carbocycles. The highest BCUT2D eigenvalue weighted by atomic mass is 32.2. The third-order valence-corrected chi connectivity index (χ3v) is 6.74. The van der Waals surface area contributed by atoms with Crippen LogP contribution in [0.15, 0.2) is 53.4 Å². The SMILES string of the molecule is Cc1ccc(S(=O)(=O)NC2CCC(n3nnc(-c4ccccc4)n3)CC2)c(F)c1. The summed E-state index contributed by atoms with van der Waals surface area (Å²) >= 11 is 0. The molecule has 1 N–H and O–H groups in total. The van der Waals surface area contributed by atoms with Gasteiger partial charge in [-0.25, -0.2) is 17.5 Å². The summed E-state index contributed by atoms with van der Waals surface area (Å²) < 4.78 is 41.8. The second-order valence-corrected chi connectivity index (χ2v) is 9.04. The molecule has 0 unspecified atom stereocenters. The van der Waals surface area contributed by atoms with Crippen molar-refractivity contribution in [2.75, 3.05) is 0 Å². The number of aryl methyl sites for hydroxylation is 1. The molecule has 0 spiro atoms. The molecule has 1 heterocycles. The number of rotatable bonds is 5. The zero-order chi connectivity index (χ0) is 20.4. The highest BCUT2D eigenvalue weighted by molar-refractivity contribution is 7.89. The largest absolute Gasteiger partial charge is 0.243 e. The average Bonchev–Trinajstić information content (AvgIpc) is 3.19. The Morgan fingerprint density at radius 2 is 1.79 bits per heavy atom. The van der Waals surface area contributed by atoms with Crippen molar-refractivity contribution >= 4 is 10.0 Å². The third-order valence-electron chi connectivity index (χ3n) is 5.18. The molecule has 0 bridgehead atoms. The van der Waals surface area contributed by atoms with E-state index in [1.807, 2.05) is 30.3 Å². The molecule has 0 atom stereocenters. The van der Waals surface area contributed by atoms with Crippen molar-refractivity contribution in [2.24, 2.45) is 0 Å². The maximum atomic E-state index is 14.1. The highest BCUT2D eigenvalue weighted by Gasteiger charge is 2.29. The number of nitrogens with zero attached hydrogens (tertiary/aromatic N) is 4. The van der Waals surface area contributed by atoms with E-state index in [4.69, 9.17) is 0 Å². The van der Waals surface area contributed by atoms with Gasteiger partial charge < -0.3 is 0 Å². The summed E-state index contributed by atoms with van der Waals surface area (Å²) in [5, 5.41) is 12.8. The summed E-state index contributed by atoms with van der Waals surface area (Å²) in [6, 6.07) is 13.6. The Labute approximate surface area is 169 Å². The van der Waals surface area contributed by atoms with Gasteiger partial charge in [0.25, 0.3) is 0 Å². The van der Waals surface area contributed by atoms with Crippen LogP contribution in [0.1, 0.15) is 37.3 Å². The maximum Gasteiger partial charge on any atom is 0.243 e. The second-order valence-electron chi connectivity index (χ2n) is 7.36. The first-order chi connectivity index (χ1) is 13.9. The number of tetrazole rings is 1. The monoisotopic (exact) mass is 415 g/mol. The van der Waals surface area contributed by atoms with Gasteiger partial charge in [0.05, 0.1) is 6.04 Å². The molecular formula is C20H22FN5O2S. The van der Waals surface area contributed by atoms with E-state index in [0.717, 1.165) is 5.56 Å². The molecule has 0 radical (unpaired) electrons. The summed E-state index contributed by atoms with van der Waals surface area (Å²) in [5.74, 6) is -0.158. The van der Waals surface area contributed by atoms with E-state index in [2.05, 4.69) is 20.1 Å². The minimum absolute atomic E-state index is 0.0665. The van der Waals surface area contributed by atoms with Gasteiger partial charge in [-0.05, 0) is 55.5 Å². The number of nitrogens with one attached hydrogen (secondary N) is 1. The van der Waals surface area contributed by atoms with E-state index >= 15 is 0 Å². The molecular weight excluding hydrogens is 393 g/mol. The van der Waals surface area contributed by atoms with Crippen molar-refractivity contribution in [3.05, 3.63) is 59.9 Å². The normalized spacial score (nSPS) is 19.9. The highest BCUT2D eigenvalue weighted by Crippen LogP contribution is 2.29. The number of sulfonamides is 1. The van der Waals surface area contributed by atoms with Gasteiger partial charge >= 0.3 is 0 Å². The molecule has 1 aliphatic rings. The summed E-state index contributed by atoms with van der Waals surface area (Å²) in [6.07, 6.45) is 2.68. The van der Waals surface area contributed by atoms with E-state index in [1.54, 1.807) is 17.8 Å². The van der Waals surface area contributed by atoms with Crippen molar-refractivity contribution in [1.82, 2.24) is 24.9 Å². The van der Waals surface area contributed by atoms with Gasteiger partial charge in [0.2, 0.25) is 15.8 Å². The average molecular weight is 415 g/mol. The van der Waals surface area contributed by atoms with Gasteiger partial charge in [0, 0.05) is 11.6 Å². The number of aromatic nitrogens is 4. The molecule has 0 saturated heterocycles.